The molecule has 0 aromatic heterocycles. The van der Waals surface area contributed by atoms with E-state index in [4.69, 9.17) is 10.5 Å². The molecule has 16 heavy (non-hydrogen) atoms. The lowest BCUT2D eigenvalue weighted by molar-refractivity contribution is -0.188. The highest BCUT2D eigenvalue weighted by molar-refractivity contribution is 4.91. The van der Waals surface area contributed by atoms with Crippen LogP contribution in [0.3, 0.4) is 0 Å². The van der Waals surface area contributed by atoms with Crippen molar-refractivity contribution >= 4 is 0 Å². The number of nitrogens with zero attached hydrogens (tertiary/aromatic N) is 1. The molecule has 2 N–H and O–H groups in total. The van der Waals surface area contributed by atoms with E-state index in [1.54, 1.807) is 0 Å². The van der Waals surface area contributed by atoms with Gasteiger partial charge in [-0.1, -0.05) is 6.92 Å². The van der Waals surface area contributed by atoms with Crippen molar-refractivity contribution in [1.29, 1.82) is 0 Å². The van der Waals surface area contributed by atoms with Gasteiger partial charge in [0.25, 0.3) is 0 Å². The molecule has 0 aromatic rings. The van der Waals surface area contributed by atoms with E-state index in [0.717, 1.165) is 26.1 Å². The maximum atomic E-state index is 6.09. The summed E-state index contributed by atoms with van der Waals surface area (Å²) in [6.07, 6.45) is 2.26. The molecule has 0 aromatic carbocycles. The Morgan fingerprint density at radius 3 is 2.06 bits per heavy atom. The largest absolute Gasteiger partial charge is 0.367 e. The van der Waals surface area contributed by atoms with Crippen LogP contribution in [0.4, 0.5) is 0 Å². The summed E-state index contributed by atoms with van der Waals surface area (Å²) in [5.74, 6) is 0. The zero-order valence-corrected chi connectivity index (χ0v) is 11.5. The van der Waals surface area contributed by atoms with Gasteiger partial charge in [0.2, 0.25) is 0 Å². The summed E-state index contributed by atoms with van der Waals surface area (Å²) in [5.41, 5.74) is 5.59. The molecule has 1 heterocycles. The Balaban J connectivity index is 2.72. The molecule has 1 aliphatic heterocycles. The molecule has 96 valence electrons. The average molecular weight is 228 g/mol. The van der Waals surface area contributed by atoms with Crippen LogP contribution < -0.4 is 5.73 Å². The predicted octanol–water partition coefficient (Wildman–Crippen LogP) is 2.00. The van der Waals surface area contributed by atoms with Gasteiger partial charge in [-0.15, -0.1) is 0 Å². The number of nitrogens with two attached hydrogens (primary N) is 1. The first-order valence-electron chi connectivity index (χ1n) is 6.44. The lowest BCUT2D eigenvalue weighted by Crippen LogP contribution is -2.59. The molecule has 0 saturated carbocycles. The maximum Gasteiger partial charge on any atom is 0.0760 e. The summed E-state index contributed by atoms with van der Waals surface area (Å²) in [4.78, 5) is 2.55. The first-order chi connectivity index (χ1) is 7.29. The highest BCUT2D eigenvalue weighted by Crippen LogP contribution is 2.30. The van der Waals surface area contributed by atoms with Crippen molar-refractivity contribution in [2.75, 3.05) is 19.6 Å². The summed E-state index contributed by atoms with van der Waals surface area (Å²) in [7, 11) is 0. The number of hydrogen-bond acceptors (Lipinski definition) is 3. The van der Waals surface area contributed by atoms with Gasteiger partial charge in [0.1, 0.15) is 0 Å². The van der Waals surface area contributed by atoms with Crippen LogP contribution in [0.5, 0.6) is 0 Å². The molecular formula is C13H28N2O. The van der Waals surface area contributed by atoms with Gasteiger partial charge in [0, 0.05) is 19.1 Å². The van der Waals surface area contributed by atoms with Gasteiger partial charge in [-0.2, -0.15) is 0 Å². The quantitative estimate of drug-likeness (QED) is 0.800. The standard InChI is InChI=1S/C13H28N2O/c1-6-11(7-8-14)15-9-12(2,3)16-13(4,5)10-15/h11H,6-10,14H2,1-5H3. The molecule has 1 rings (SSSR count). The van der Waals surface area contributed by atoms with Crippen LogP contribution in [0.1, 0.15) is 47.5 Å². The molecule has 0 bridgehead atoms. The minimum atomic E-state index is -0.0518. The van der Waals surface area contributed by atoms with Gasteiger partial charge in [-0.05, 0) is 47.1 Å². The second kappa shape index (κ2) is 5.03. The summed E-state index contributed by atoms with van der Waals surface area (Å²) in [5, 5.41) is 0. The lowest BCUT2D eigenvalue weighted by atomic mass is 9.96. The first kappa shape index (κ1) is 13.9. The first-order valence-corrected chi connectivity index (χ1v) is 6.44. The number of morpholine rings is 1. The molecular weight excluding hydrogens is 200 g/mol. The van der Waals surface area contributed by atoms with Crippen molar-refractivity contribution < 1.29 is 4.74 Å². The Kier molecular flexibility index (Phi) is 4.38. The SMILES string of the molecule is CCC(CCN)N1CC(C)(C)OC(C)(C)C1. The maximum absolute atomic E-state index is 6.09. The van der Waals surface area contributed by atoms with E-state index < -0.39 is 0 Å². The molecule has 3 heteroatoms. The molecule has 1 aliphatic rings. The van der Waals surface area contributed by atoms with E-state index in [9.17, 15) is 0 Å². The fourth-order valence-electron chi connectivity index (χ4n) is 2.94. The number of ether oxygens (including phenoxy) is 1. The zero-order valence-electron chi connectivity index (χ0n) is 11.5. The number of hydrogen-bond donors (Lipinski definition) is 1. The molecule has 0 spiro atoms. The average Bonchev–Trinajstić information content (AvgIpc) is 2.08. The summed E-state index contributed by atoms with van der Waals surface area (Å²) in [6.45, 7) is 13.7. The van der Waals surface area contributed by atoms with Gasteiger partial charge in [-0.3, -0.25) is 4.90 Å². The minimum Gasteiger partial charge on any atom is -0.367 e. The summed E-state index contributed by atoms with van der Waals surface area (Å²) < 4.78 is 6.09. The van der Waals surface area contributed by atoms with Gasteiger partial charge in [0.05, 0.1) is 11.2 Å². The summed E-state index contributed by atoms with van der Waals surface area (Å²) in [6, 6.07) is 0.604. The second-order valence-corrected chi connectivity index (χ2v) is 6.17. The van der Waals surface area contributed by atoms with Crippen LogP contribution >= 0.6 is 0 Å². The molecule has 1 saturated heterocycles. The fourth-order valence-corrected chi connectivity index (χ4v) is 2.94. The molecule has 3 nitrogen and oxygen atoms in total. The minimum absolute atomic E-state index is 0.0518. The predicted molar refractivity (Wildman–Crippen MR) is 68.6 cm³/mol. The Bertz CT molecular complexity index is 210. The van der Waals surface area contributed by atoms with Gasteiger partial charge < -0.3 is 10.5 Å². The molecule has 0 radical (unpaired) electrons. The van der Waals surface area contributed by atoms with E-state index in [1.165, 1.54) is 6.42 Å². The van der Waals surface area contributed by atoms with Gasteiger partial charge in [-0.25, -0.2) is 0 Å². The third-order valence-corrected chi connectivity index (χ3v) is 3.21. The van der Waals surface area contributed by atoms with Crippen molar-refractivity contribution in [3.8, 4) is 0 Å². The van der Waals surface area contributed by atoms with Crippen LogP contribution in [-0.2, 0) is 4.74 Å². The normalized spacial score (nSPS) is 26.6. The molecule has 1 fully saturated rings. The third kappa shape index (κ3) is 3.72. The third-order valence-electron chi connectivity index (χ3n) is 3.21. The molecule has 0 amide bonds. The van der Waals surface area contributed by atoms with Crippen molar-refractivity contribution in [2.45, 2.75) is 64.7 Å². The van der Waals surface area contributed by atoms with Crippen LogP contribution in [0.25, 0.3) is 0 Å². The van der Waals surface area contributed by atoms with Crippen molar-refractivity contribution in [3.63, 3.8) is 0 Å². The van der Waals surface area contributed by atoms with E-state index in [0.29, 0.717) is 6.04 Å². The lowest BCUT2D eigenvalue weighted by Gasteiger charge is -2.49. The van der Waals surface area contributed by atoms with E-state index >= 15 is 0 Å². The van der Waals surface area contributed by atoms with E-state index in [1.807, 2.05) is 0 Å². The van der Waals surface area contributed by atoms with Crippen LogP contribution in [0.15, 0.2) is 0 Å². The van der Waals surface area contributed by atoms with Crippen LogP contribution in [-0.4, -0.2) is 41.8 Å². The monoisotopic (exact) mass is 228 g/mol. The van der Waals surface area contributed by atoms with Crippen LogP contribution in [0, 0.1) is 0 Å². The molecule has 0 aliphatic carbocycles. The van der Waals surface area contributed by atoms with Crippen molar-refractivity contribution in [3.05, 3.63) is 0 Å². The van der Waals surface area contributed by atoms with E-state index in [-0.39, 0.29) is 11.2 Å². The Morgan fingerprint density at radius 1 is 1.19 bits per heavy atom. The summed E-state index contributed by atoms with van der Waals surface area (Å²) >= 11 is 0. The fraction of sp³-hybridized carbons (Fsp3) is 1.00. The Hall–Kier alpha value is -0.120. The smallest absolute Gasteiger partial charge is 0.0760 e. The number of rotatable bonds is 4. The van der Waals surface area contributed by atoms with Crippen molar-refractivity contribution in [2.24, 2.45) is 5.73 Å². The highest BCUT2D eigenvalue weighted by atomic mass is 16.5. The van der Waals surface area contributed by atoms with Crippen LogP contribution in [0.2, 0.25) is 0 Å². The Labute approximate surface area is 100 Å². The van der Waals surface area contributed by atoms with Gasteiger partial charge >= 0.3 is 0 Å². The van der Waals surface area contributed by atoms with E-state index in [2.05, 4.69) is 39.5 Å². The second-order valence-electron chi connectivity index (χ2n) is 6.17. The zero-order chi connectivity index (χ0) is 12.4. The Morgan fingerprint density at radius 2 is 1.69 bits per heavy atom. The highest BCUT2D eigenvalue weighted by Gasteiger charge is 2.39. The molecule has 1 atom stereocenters. The molecule has 1 unspecified atom stereocenters. The topological polar surface area (TPSA) is 38.5 Å². The van der Waals surface area contributed by atoms with Crippen molar-refractivity contribution in [1.82, 2.24) is 4.90 Å². The van der Waals surface area contributed by atoms with Gasteiger partial charge in [0.15, 0.2) is 0 Å².